The molecule has 1 aromatic heterocycles. The molecule has 1 saturated heterocycles. The Bertz CT molecular complexity index is 583. The molecule has 1 N–H and O–H groups in total. The van der Waals surface area contributed by atoms with Gasteiger partial charge in [-0.1, -0.05) is 0 Å². The molecule has 1 aliphatic rings. The third-order valence-electron chi connectivity index (χ3n) is 4.28. The van der Waals surface area contributed by atoms with E-state index in [-0.39, 0.29) is 18.0 Å². The number of nitrogens with one attached hydrogen (secondary N) is 1. The minimum atomic E-state index is -0.260. The minimum Gasteiger partial charge on any atom is -0.450 e. The molecule has 0 unspecified atom stereocenters. The highest BCUT2D eigenvalue weighted by Gasteiger charge is 2.24. The molecule has 2 rings (SSSR count). The van der Waals surface area contributed by atoms with Crippen LogP contribution < -0.4 is 5.32 Å². The zero-order chi connectivity index (χ0) is 18.2. The molecule has 25 heavy (non-hydrogen) atoms. The normalized spacial score (nSPS) is 14.9. The van der Waals surface area contributed by atoms with E-state index < -0.39 is 0 Å². The van der Waals surface area contributed by atoms with Gasteiger partial charge in [0.15, 0.2) is 0 Å². The number of aromatic nitrogens is 2. The third-order valence-corrected chi connectivity index (χ3v) is 4.28. The first kappa shape index (κ1) is 19.0. The van der Waals surface area contributed by atoms with Crippen molar-refractivity contribution in [2.75, 3.05) is 38.1 Å². The maximum Gasteiger partial charge on any atom is 0.409 e. The number of nitrogens with zero attached hydrogens (tertiary/aromatic N) is 4. The molecular weight excluding hydrogens is 322 g/mol. The average molecular weight is 349 g/mol. The Balaban J connectivity index is 1.93. The molecule has 0 spiro atoms. The van der Waals surface area contributed by atoms with E-state index >= 15 is 0 Å². The number of carbonyl (C=O) groups is 2. The van der Waals surface area contributed by atoms with Crippen LogP contribution in [-0.4, -0.2) is 70.6 Å². The van der Waals surface area contributed by atoms with E-state index in [0.717, 1.165) is 12.8 Å². The number of anilines is 1. The molecule has 1 aliphatic heterocycles. The molecule has 0 radical (unpaired) electrons. The lowest BCUT2D eigenvalue weighted by molar-refractivity contribution is 0.0766. The molecule has 0 atom stereocenters. The number of rotatable bonds is 6. The first-order chi connectivity index (χ1) is 12.1. The average Bonchev–Trinajstić information content (AvgIpc) is 2.63. The van der Waals surface area contributed by atoms with Gasteiger partial charge < -0.3 is 19.9 Å². The van der Waals surface area contributed by atoms with Crippen molar-refractivity contribution in [3.8, 4) is 0 Å². The van der Waals surface area contributed by atoms with Gasteiger partial charge >= 0.3 is 6.09 Å². The van der Waals surface area contributed by atoms with E-state index in [1.54, 1.807) is 29.0 Å². The molecule has 8 heteroatoms. The van der Waals surface area contributed by atoms with E-state index in [0.29, 0.717) is 44.4 Å². The lowest BCUT2D eigenvalue weighted by Crippen LogP contribution is -2.42. The monoisotopic (exact) mass is 349 g/mol. The van der Waals surface area contributed by atoms with E-state index in [2.05, 4.69) is 15.3 Å². The molecule has 0 bridgehead atoms. The van der Waals surface area contributed by atoms with Gasteiger partial charge in [-0.2, -0.15) is 0 Å². The van der Waals surface area contributed by atoms with Crippen LogP contribution in [0.3, 0.4) is 0 Å². The first-order valence-electron chi connectivity index (χ1n) is 8.89. The van der Waals surface area contributed by atoms with Gasteiger partial charge in [-0.05, 0) is 39.7 Å². The Labute approximate surface area is 148 Å². The van der Waals surface area contributed by atoms with Crippen LogP contribution in [0.4, 0.5) is 10.7 Å². The summed E-state index contributed by atoms with van der Waals surface area (Å²) in [6.07, 6.45) is 2.91. The summed E-state index contributed by atoms with van der Waals surface area (Å²) in [5.74, 6) is 0.361. The van der Waals surface area contributed by atoms with Crippen molar-refractivity contribution in [3.05, 3.63) is 18.0 Å². The molecule has 8 nitrogen and oxygen atoms in total. The number of hydrogen-bond acceptors (Lipinski definition) is 6. The van der Waals surface area contributed by atoms with E-state index in [4.69, 9.17) is 4.74 Å². The zero-order valence-corrected chi connectivity index (χ0v) is 15.2. The van der Waals surface area contributed by atoms with Gasteiger partial charge in [0.05, 0.1) is 6.61 Å². The maximum absolute atomic E-state index is 12.4. The summed E-state index contributed by atoms with van der Waals surface area (Å²) in [6, 6.07) is 1.80. The lowest BCUT2D eigenvalue weighted by atomic mass is 10.1. The molecule has 0 saturated carbocycles. The van der Waals surface area contributed by atoms with Crippen LogP contribution in [0, 0.1) is 0 Å². The predicted octanol–water partition coefficient (Wildman–Crippen LogP) is 1.99. The molecule has 2 heterocycles. The highest BCUT2D eigenvalue weighted by atomic mass is 16.6. The molecule has 0 aromatic carbocycles. The lowest BCUT2D eigenvalue weighted by Gasteiger charge is -2.31. The summed E-state index contributed by atoms with van der Waals surface area (Å²) >= 11 is 0. The largest absolute Gasteiger partial charge is 0.450 e. The number of likely N-dealkylation sites (tertiary alicyclic amines) is 1. The number of ether oxygens (including phenoxy) is 1. The summed E-state index contributed by atoms with van der Waals surface area (Å²) in [6.45, 7) is 8.64. The smallest absolute Gasteiger partial charge is 0.409 e. The van der Waals surface area contributed by atoms with Crippen molar-refractivity contribution in [1.29, 1.82) is 0 Å². The van der Waals surface area contributed by atoms with Crippen molar-refractivity contribution in [3.63, 3.8) is 0 Å². The Morgan fingerprint density at radius 3 is 2.56 bits per heavy atom. The third kappa shape index (κ3) is 5.04. The summed E-state index contributed by atoms with van der Waals surface area (Å²) in [5.41, 5.74) is 0.394. The maximum atomic E-state index is 12.4. The second-order valence-electron chi connectivity index (χ2n) is 5.85. The number of amides is 2. The SMILES string of the molecule is CCOC(=O)N1CCC(Nc2nccc(C(=O)N(CC)CC)n2)CC1. The Morgan fingerprint density at radius 1 is 1.28 bits per heavy atom. The quantitative estimate of drug-likeness (QED) is 0.845. The second kappa shape index (κ2) is 9.19. The molecule has 1 aromatic rings. The fraction of sp³-hybridized carbons (Fsp3) is 0.647. The number of carbonyl (C=O) groups excluding carboxylic acids is 2. The second-order valence-corrected chi connectivity index (χ2v) is 5.85. The van der Waals surface area contributed by atoms with Crippen LogP contribution in [0.1, 0.15) is 44.1 Å². The van der Waals surface area contributed by atoms with Gasteiger partial charge in [0, 0.05) is 38.4 Å². The first-order valence-corrected chi connectivity index (χ1v) is 8.89. The summed E-state index contributed by atoms with van der Waals surface area (Å²) in [5, 5.41) is 3.27. The molecule has 2 amide bonds. The Kier molecular flexibility index (Phi) is 6.97. The minimum absolute atomic E-state index is 0.0902. The van der Waals surface area contributed by atoms with Gasteiger partial charge in [-0.15, -0.1) is 0 Å². The standard InChI is InChI=1S/C17H27N5O3/c1-4-21(5-2)15(23)14-7-10-18-16(20-14)19-13-8-11-22(12-9-13)17(24)25-6-3/h7,10,13H,4-6,8-9,11-12H2,1-3H3,(H,18,19,20). The van der Waals surface area contributed by atoms with Crippen LogP contribution in [0.5, 0.6) is 0 Å². The van der Waals surface area contributed by atoms with Gasteiger partial charge in [-0.25, -0.2) is 14.8 Å². The van der Waals surface area contributed by atoms with E-state index in [1.807, 2.05) is 13.8 Å². The van der Waals surface area contributed by atoms with E-state index in [1.165, 1.54) is 0 Å². The van der Waals surface area contributed by atoms with Gasteiger partial charge in [0.1, 0.15) is 5.69 Å². The Hall–Kier alpha value is -2.38. The van der Waals surface area contributed by atoms with Crippen LogP contribution in [-0.2, 0) is 4.74 Å². The Morgan fingerprint density at radius 2 is 1.96 bits per heavy atom. The van der Waals surface area contributed by atoms with Crippen molar-refractivity contribution in [2.24, 2.45) is 0 Å². The summed E-state index contributed by atoms with van der Waals surface area (Å²) < 4.78 is 5.02. The zero-order valence-electron chi connectivity index (χ0n) is 15.2. The highest BCUT2D eigenvalue weighted by Crippen LogP contribution is 2.15. The summed E-state index contributed by atoms with van der Waals surface area (Å²) in [4.78, 5) is 36.1. The van der Waals surface area contributed by atoms with Crippen molar-refractivity contribution in [2.45, 2.75) is 39.7 Å². The highest BCUT2D eigenvalue weighted by molar-refractivity contribution is 5.92. The number of hydrogen-bond donors (Lipinski definition) is 1. The van der Waals surface area contributed by atoms with Crippen LogP contribution >= 0.6 is 0 Å². The number of piperidine rings is 1. The van der Waals surface area contributed by atoms with Crippen LogP contribution in [0.25, 0.3) is 0 Å². The van der Waals surface area contributed by atoms with Crippen molar-refractivity contribution in [1.82, 2.24) is 19.8 Å². The van der Waals surface area contributed by atoms with Crippen LogP contribution in [0.15, 0.2) is 12.3 Å². The van der Waals surface area contributed by atoms with Crippen LogP contribution in [0.2, 0.25) is 0 Å². The van der Waals surface area contributed by atoms with Crippen molar-refractivity contribution >= 4 is 17.9 Å². The fourth-order valence-corrected chi connectivity index (χ4v) is 2.82. The topological polar surface area (TPSA) is 87.7 Å². The van der Waals surface area contributed by atoms with E-state index in [9.17, 15) is 9.59 Å². The predicted molar refractivity (Wildman–Crippen MR) is 94.5 cm³/mol. The molecular formula is C17H27N5O3. The van der Waals surface area contributed by atoms with Crippen molar-refractivity contribution < 1.29 is 14.3 Å². The fourth-order valence-electron chi connectivity index (χ4n) is 2.82. The molecule has 1 fully saturated rings. The van der Waals surface area contributed by atoms with Gasteiger partial charge in [-0.3, -0.25) is 4.79 Å². The molecule has 0 aliphatic carbocycles. The molecule has 138 valence electrons. The summed E-state index contributed by atoms with van der Waals surface area (Å²) in [7, 11) is 0. The van der Waals surface area contributed by atoms with Gasteiger partial charge in [0.2, 0.25) is 5.95 Å². The van der Waals surface area contributed by atoms with Gasteiger partial charge in [0.25, 0.3) is 5.91 Å².